The van der Waals surface area contributed by atoms with Crippen molar-refractivity contribution in [3.8, 4) is 0 Å². The van der Waals surface area contributed by atoms with Gasteiger partial charge in [-0.3, -0.25) is 9.78 Å². The summed E-state index contributed by atoms with van der Waals surface area (Å²) in [6.45, 7) is -0.250. The zero-order chi connectivity index (χ0) is 6.95. The summed E-state index contributed by atoms with van der Waals surface area (Å²) in [6, 6.07) is 5.72. The van der Waals surface area contributed by atoms with E-state index in [-0.39, 0.29) is 32.4 Å². The predicted molar refractivity (Wildman–Crippen MR) is 40.9 cm³/mol. The van der Waals surface area contributed by atoms with Crippen molar-refractivity contribution in [3.63, 3.8) is 0 Å². The molecule has 0 amide bonds. The van der Waals surface area contributed by atoms with Crippen LogP contribution in [0.4, 0.5) is 0 Å². The fourth-order valence-electron chi connectivity index (χ4n) is 0.313. The first kappa shape index (κ1) is 12.1. The molecule has 0 aliphatic heterocycles. The van der Waals surface area contributed by atoms with Crippen molar-refractivity contribution in [2.45, 2.75) is 0 Å². The smallest absolute Gasteiger partial charge is 1.00 e. The molecule has 0 fully saturated rings. The molecule has 0 bridgehead atoms. The third kappa shape index (κ3) is 10.4. The molecule has 0 aromatic carbocycles. The molecule has 4 heteroatoms. The molecule has 3 nitrogen and oxygen atoms in total. The first-order chi connectivity index (χ1) is 4.41. The molecule has 1 N–H and O–H groups in total. The van der Waals surface area contributed by atoms with Gasteiger partial charge in [0.25, 0.3) is 6.47 Å². The molecule has 0 atom stereocenters. The van der Waals surface area contributed by atoms with Crippen LogP contribution in [0.2, 0.25) is 0 Å². The monoisotopic (exact) mass is 151 g/mol. The third-order valence-electron chi connectivity index (χ3n) is 0.566. The van der Waals surface area contributed by atoms with E-state index in [4.69, 9.17) is 9.90 Å². The Kier molecular flexibility index (Phi) is 13.6. The van der Waals surface area contributed by atoms with E-state index >= 15 is 0 Å². The zero-order valence-electron chi connectivity index (χ0n) is 7.47. The molecule has 0 radical (unpaired) electrons. The van der Waals surface area contributed by atoms with Crippen LogP contribution in [0.5, 0.6) is 0 Å². The number of pyridine rings is 1. The van der Waals surface area contributed by atoms with E-state index in [1.165, 1.54) is 0 Å². The zero-order valence-corrected chi connectivity index (χ0v) is 6.89. The van der Waals surface area contributed by atoms with Crippen molar-refractivity contribution in [1.82, 2.24) is 4.98 Å². The van der Waals surface area contributed by atoms with Crippen LogP contribution in [-0.2, 0) is 4.79 Å². The molecule has 52 valence electrons. The van der Waals surface area contributed by atoms with Crippen LogP contribution in [0, 0.1) is 0 Å². The Labute approximate surface area is 78.2 Å². The third-order valence-corrected chi connectivity index (χ3v) is 0.566. The molecule has 0 aliphatic rings. The molecule has 1 heterocycles. The molecule has 0 spiro atoms. The molecule has 1 rings (SSSR count). The molecule has 0 saturated carbocycles. The Hall–Kier alpha value is -0.614. The summed E-state index contributed by atoms with van der Waals surface area (Å²) in [6.07, 6.45) is 3.50. The number of carbonyl (C=O) groups is 1. The van der Waals surface area contributed by atoms with Gasteiger partial charge in [0.2, 0.25) is 0 Å². The van der Waals surface area contributed by atoms with Crippen LogP contribution in [0.25, 0.3) is 0 Å². The van der Waals surface area contributed by atoms with Crippen molar-refractivity contribution >= 4 is 29.5 Å². The minimum absolute atomic E-state index is 0. The molecular formula is C6H9MgNO2. The van der Waals surface area contributed by atoms with Crippen LogP contribution < -0.4 is 0 Å². The fraction of sp³-hybridized carbons (Fsp3) is 0. The van der Waals surface area contributed by atoms with Gasteiger partial charge in [-0.2, -0.15) is 0 Å². The largest absolute Gasteiger partial charge is 2.00 e. The number of hydrogen-bond acceptors (Lipinski definition) is 2. The summed E-state index contributed by atoms with van der Waals surface area (Å²) in [5.74, 6) is 0. The van der Waals surface area contributed by atoms with E-state index in [0.29, 0.717) is 0 Å². The molecule has 0 unspecified atom stereocenters. The van der Waals surface area contributed by atoms with Gasteiger partial charge in [0.05, 0.1) is 0 Å². The van der Waals surface area contributed by atoms with Gasteiger partial charge in [-0.25, -0.2) is 0 Å². The number of aromatic nitrogens is 1. The van der Waals surface area contributed by atoms with E-state index in [9.17, 15) is 0 Å². The average molecular weight is 151 g/mol. The van der Waals surface area contributed by atoms with Crippen LogP contribution in [0.1, 0.15) is 2.85 Å². The molecular weight excluding hydrogens is 142 g/mol. The number of rotatable bonds is 0. The molecule has 1 aromatic heterocycles. The van der Waals surface area contributed by atoms with E-state index in [2.05, 4.69) is 4.98 Å². The van der Waals surface area contributed by atoms with Crippen LogP contribution in [-0.4, -0.2) is 39.6 Å². The van der Waals surface area contributed by atoms with E-state index in [1.54, 1.807) is 12.4 Å². The predicted octanol–water partition coefficient (Wildman–Crippen LogP) is 0.627. The summed E-state index contributed by atoms with van der Waals surface area (Å²) >= 11 is 0. The normalized spacial score (nSPS) is 6.00. The maximum Gasteiger partial charge on any atom is 2.00 e. The van der Waals surface area contributed by atoms with Gasteiger partial charge in [-0.15, -0.1) is 0 Å². The minimum atomic E-state index is -0.250. The van der Waals surface area contributed by atoms with Crippen LogP contribution in [0.3, 0.4) is 0 Å². The number of carboxylic acid groups (broad SMARTS) is 1. The number of nitrogens with zero attached hydrogens (tertiary/aromatic N) is 1. The van der Waals surface area contributed by atoms with Gasteiger partial charge in [-0.05, 0) is 12.1 Å². The van der Waals surface area contributed by atoms with Gasteiger partial charge in [-0.1, -0.05) is 6.07 Å². The quantitative estimate of drug-likeness (QED) is 0.437. The molecule has 0 aliphatic carbocycles. The van der Waals surface area contributed by atoms with Crippen molar-refractivity contribution in [3.05, 3.63) is 30.6 Å². The topological polar surface area (TPSA) is 50.2 Å². The first-order valence-corrected chi connectivity index (χ1v) is 2.34. The van der Waals surface area contributed by atoms with Crippen molar-refractivity contribution < 1.29 is 12.8 Å². The Morgan fingerprint density at radius 3 is 1.80 bits per heavy atom. The molecule has 10 heavy (non-hydrogen) atoms. The Morgan fingerprint density at radius 1 is 1.30 bits per heavy atom. The molecule has 1 aromatic rings. The second-order valence-electron chi connectivity index (χ2n) is 1.13. The Morgan fingerprint density at radius 2 is 1.70 bits per heavy atom. The Bertz CT molecular complexity index is 127. The van der Waals surface area contributed by atoms with Crippen molar-refractivity contribution in [1.29, 1.82) is 0 Å². The summed E-state index contributed by atoms with van der Waals surface area (Å²) in [4.78, 5) is 12.1. The van der Waals surface area contributed by atoms with Crippen LogP contribution in [0.15, 0.2) is 30.6 Å². The SMILES string of the molecule is O=CO.[H-].[H-].[Mg+2].c1ccncc1. The molecule has 0 saturated heterocycles. The number of hydrogen-bond donors (Lipinski definition) is 1. The second kappa shape index (κ2) is 11.2. The summed E-state index contributed by atoms with van der Waals surface area (Å²) in [5, 5.41) is 6.89. The van der Waals surface area contributed by atoms with E-state index in [1.807, 2.05) is 18.2 Å². The maximum absolute atomic E-state index is 8.36. The van der Waals surface area contributed by atoms with Gasteiger partial charge in [0.15, 0.2) is 0 Å². The fourth-order valence-corrected chi connectivity index (χ4v) is 0.313. The summed E-state index contributed by atoms with van der Waals surface area (Å²) in [7, 11) is 0. The first-order valence-electron chi connectivity index (χ1n) is 2.34. The second-order valence-corrected chi connectivity index (χ2v) is 1.13. The Balaban J connectivity index is -0.0000000489. The van der Waals surface area contributed by atoms with Crippen LogP contribution >= 0.6 is 0 Å². The van der Waals surface area contributed by atoms with E-state index in [0.717, 1.165) is 0 Å². The van der Waals surface area contributed by atoms with Crippen molar-refractivity contribution in [2.24, 2.45) is 0 Å². The standard InChI is InChI=1S/C5H5N.CH2O2.Mg.2H/c1-2-4-6-5-3-1;2-1-3;;;/h1-5H;1H,(H,2,3);;;/q;;+2;2*-1. The summed E-state index contributed by atoms with van der Waals surface area (Å²) < 4.78 is 0. The van der Waals surface area contributed by atoms with Gasteiger partial charge < -0.3 is 7.96 Å². The average Bonchev–Trinajstić information content (AvgIpc) is 1.93. The summed E-state index contributed by atoms with van der Waals surface area (Å²) in [5.41, 5.74) is 0. The van der Waals surface area contributed by atoms with Crippen molar-refractivity contribution in [2.75, 3.05) is 0 Å². The minimum Gasteiger partial charge on any atom is -1.00 e. The van der Waals surface area contributed by atoms with Gasteiger partial charge >= 0.3 is 23.1 Å². The van der Waals surface area contributed by atoms with Gasteiger partial charge in [0.1, 0.15) is 0 Å². The van der Waals surface area contributed by atoms with Gasteiger partial charge in [0, 0.05) is 12.4 Å². The van der Waals surface area contributed by atoms with E-state index < -0.39 is 0 Å². The maximum atomic E-state index is 8.36.